The van der Waals surface area contributed by atoms with Gasteiger partial charge in [-0.1, -0.05) is 19.1 Å². The molecule has 27 heavy (non-hydrogen) atoms. The van der Waals surface area contributed by atoms with Gasteiger partial charge in [-0.25, -0.2) is 4.79 Å². The number of piperidine rings is 1. The van der Waals surface area contributed by atoms with E-state index in [4.69, 9.17) is 4.74 Å². The standard InChI is InChI=1S/C20H27N3O4/c1-4-20(15-8-10-16(27-3)11-9-15)18(25)23(19(26)21-20)13-17(24)22-12-6-5-7-14(22)2/h8-11,14H,4-7,12-13H2,1-3H3,(H,21,26)/t14-,20-/m0/s1. The maximum atomic E-state index is 13.2. The minimum Gasteiger partial charge on any atom is -0.497 e. The van der Waals surface area contributed by atoms with Gasteiger partial charge in [0.25, 0.3) is 5.91 Å². The molecule has 0 bridgehead atoms. The Labute approximate surface area is 159 Å². The second kappa shape index (κ2) is 7.58. The first-order valence-corrected chi connectivity index (χ1v) is 9.51. The molecule has 3 rings (SSSR count). The summed E-state index contributed by atoms with van der Waals surface area (Å²) in [4.78, 5) is 41.3. The molecule has 1 aromatic rings. The van der Waals surface area contributed by atoms with Gasteiger partial charge >= 0.3 is 6.03 Å². The van der Waals surface area contributed by atoms with Crippen LogP contribution in [0.1, 0.15) is 45.1 Å². The van der Waals surface area contributed by atoms with E-state index in [0.29, 0.717) is 24.3 Å². The molecule has 0 aliphatic carbocycles. The smallest absolute Gasteiger partial charge is 0.325 e. The number of urea groups is 1. The van der Waals surface area contributed by atoms with Crippen molar-refractivity contribution >= 4 is 17.8 Å². The third kappa shape index (κ3) is 3.38. The van der Waals surface area contributed by atoms with Crippen molar-refractivity contribution in [3.63, 3.8) is 0 Å². The van der Waals surface area contributed by atoms with E-state index in [2.05, 4.69) is 5.32 Å². The number of ether oxygens (including phenoxy) is 1. The van der Waals surface area contributed by atoms with E-state index in [0.717, 1.165) is 24.2 Å². The lowest BCUT2D eigenvalue weighted by Gasteiger charge is -2.34. The van der Waals surface area contributed by atoms with Crippen LogP contribution in [-0.2, 0) is 15.1 Å². The Morgan fingerprint density at radius 1 is 1.26 bits per heavy atom. The predicted octanol–water partition coefficient (Wildman–Crippen LogP) is 2.25. The molecule has 0 spiro atoms. The number of likely N-dealkylation sites (tertiary alicyclic amines) is 1. The van der Waals surface area contributed by atoms with Crippen LogP contribution in [0, 0.1) is 0 Å². The van der Waals surface area contributed by atoms with E-state index in [1.165, 1.54) is 0 Å². The van der Waals surface area contributed by atoms with E-state index in [-0.39, 0.29) is 24.4 Å². The number of methoxy groups -OCH3 is 1. The quantitative estimate of drug-likeness (QED) is 0.803. The van der Waals surface area contributed by atoms with Crippen molar-refractivity contribution in [1.29, 1.82) is 0 Å². The molecule has 0 saturated carbocycles. The molecule has 146 valence electrons. The van der Waals surface area contributed by atoms with Gasteiger partial charge in [0.2, 0.25) is 5.91 Å². The number of amides is 4. The van der Waals surface area contributed by atoms with Gasteiger partial charge in [-0.05, 0) is 50.3 Å². The van der Waals surface area contributed by atoms with Crippen LogP contribution in [0.25, 0.3) is 0 Å². The highest BCUT2D eigenvalue weighted by atomic mass is 16.5. The highest BCUT2D eigenvalue weighted by Crippen LogP contribution is 2.33. The number of nitrogens with one attached hydrogen (secondary N) is 1. The number of carbonyl (C=O) groups excluding carboxylic acids is 3. The van der Waals surface area contributed by atoms with Crippen LogP contribution >= 0.6 is 0 Å². The van der Waals surface area contributed by atoms with Crippen molar-refractivity contribution in [2.45, 2.75) is 51.1 Å². The lowest BCUT2D eigenvalue weighted by molar-refractivity contribution is -0.141. The van der Waals surface area contributed by atoms with Crippen LogP contribution in [0.2, 0.25) is 0 Å². The molecule has 2 aliphatic rings. The summed E-state index contributed by atoms with van der Waals surface area (Å²) in [5.41, 5.74) is -0.456. The molecular formula is C20H27N3O4. The third-order valence-corrected chi connectivity index (χ3v) is 5.71. The van der Waals surface area contributed by atoms with Gasteiger partial charge in [0, 0.05) is 12.6 Å². The maximum absolute atomic E-state index is 13.2. The van der Waals surface area contributed by atoms with Gasteiger partial charge in [-0.15, -0.1) is 0 Å². The molecule has 1 N–H and O–H groups in total. The van der Waals surface area contributed by atoms with Crippen LogP contribution in [0.3, 0.4) is 0 Å². The van der Waals surface area contributed by atoms with E-state index in [9.17, 15) is 14.4 Å². The van der Waals surface area contributed by atoms with E-state index in [1.807, 2.05) is 13.8 Å². The number of rotatable bonds is 5. The molecule has 0 unspecified atom stereocenters. The Hall–Kier alpha value is -2.57. The van der Waals surface area contributed by atoms with Gasteiger partial charge in [-0.3, -0.25) is 14.5 Å². The molecule has 2 saturated heterocycles. The summed E-state index contributed by atoms with van der Waals surface area (Å²) in [5, 5.41) is 2.82. The average Bonchev–Trinajstić information content (AvgIpc) is 2.93. The second-order valence-corrected chi connectivity index (χ2v) is 7.24. The Morgan fingerprint density at radius 3 is 2.56 bits per heavy atom. The zero-order chi connectivity index (χ0) is 19.6. The molecular weight excluding hydrogens is 346 g/mol. The first-order chi connectivity index (χ1) is 12.9. The van der Waals surface area contributed by atoms with Gasteiger partial charge < -0.3 is 15.0 Å². The van der Waals surface area contributed by atoms with Gasteiger partial charge in [0.05, 0.1) is 7.11 Å². The molecule has 2 aliphatic heterocycles. The normalized spacial score (nSPS) is 25.5. The van der Waals surface area contributed by atoms with Crippen molar-refractivity contribution in [1.82, 2.24) is 15.1 Å². The molecule has 2 atom stereocenters. The topological polar surface area (TPSA) is 79.0 Å². The highest BCUT2D eigenvalue weighted by molar-refractivity contribution is 6.09. The summed E-state index contributed by atoms with van der Waals surface area (Å²) in [6.07, 6.45) is 3.41. The maximum Gasteiger partial charge on any atom is 0.325 e. The second-order valence-electron chi connectivity index (χ2n) is 7.24. The van der Waals surface area contributed by atoms with Crippen LogP contribution in [0.15, 0.2) is 24.3 Å². The molecule has 7 nitrogen and oxygen atoms in total. The first kappa shape index (κ1) is 19.2. The monoisotopic (exact) mass is 373 g/mol. The lowest BCUT2D eigenvalue weighted by Crippen LogP contribution is -2.49. The van der Waals surface area contributed by atoms with E-state index >= 15 is 0 Å². The number of imide groups is 1. The van der Waals surface area contributed by atoms with E-state index < -0.39 is 11.6 Å². The average molecular weight is 373 g/mol. The highest BCUT2D eigenvalue weighted by Gasteiger charge is 2.52. The fraction of sp³-hybridized carbons (Fsp3) is 0.550. The zero-order valence-corrected chi connectivity index (χ0v) is 16.2. The van der Waals surface area contributed by atoms with Gasteiger partial charge in [0.15, 0.2) is 0 Å². The molecule has 0 aromatic heterocycles. The first-order valence-electron chi connectivity index (χ1n) is 9.51. The Balaban J connectivity index is 1.81. The predicted molar refractivity (Wildman–Crippen MR) is 100 cm³/mol. The van der Waals surface area contributed by atoms with E-state index in [1.54, 1.807) is 36.3 Å². The minimum absolute atomic E-state index is 0.143. The zero-order valence-electron chi connectivity index (χ0n) is 16.2. The molecule has 1 aromatic carbocycles. The summed E-state index contributed by atoms with van der Waals surface area (Å²) < 4.78 is 5.16. The van der Waals surface area contributed by atoms with Crippen molar-refractivity contribution in [2.24, 2.45) is 0 Å². The summed E-state index contributed by atoms with van der Waals surface area (Å²) in [7, 11) is 1.57. The Morgan fingerprint density at radius 2 is 1.96 bits per heavy atom. The fourth-order valence-electron chi connectivity index (χ4n) is 3.98. The number of hydrogen-bond acceptors (Lipinski definition) is 4. The van der Waals surface area contributed by atoms with Gasteiger partial charge in [0.1, 0.15) is 17.8 Å². The van der Waals surface area contributed by atoms with Crippen LogP contribution in [0.4, 0.5) is 4.79 Å². The summed E-state index contributed by atoms with van der Waals surface area (Å²) in [5.74, 6) is 0.124. The fourth-order valence-corrected chi connectivity index (χ4v) is 3.98. The molecule has 0 radical (unpaired) electrons. The Bertz CT molecular complexity index is 733. The summed E-state index contributed by atoms with van der Waals surface area (Å²) >= 11 is 0. The molecule has 2 fully saturated rings. The van der Waals surface area contributed by atoms with Crippen molar-refractivity contribution < 1.29 is 19.1 Å². The summed E-state index contributed by atoms with van der Waals surface area (Å²) in [6, 6.07) is 6.70. The number of hydrogen-bond donors (Lipinski definition) is 1. The van der Waals surface area contributed by atoms with Crippen LogP contribution < -0.4 is 10.1 Å². The largest absolute Gasteiger partial charge is 0.497 e. The number of nitrogens with zero attached hydrogens (tertiary/aromatic N) is 2. The minimum atomic E-state index is -1.14. The van der Waals surface area contributed by atoms with Crippen molar-refractivity contribution in [3.05, 3.63) is 29.8 Å². The SMILES string of the molecule is CC[C@@]1(c2ccc(OC)cc2)NC(=O)N(CC(=O)N2CCCC[C@@H]2C)C1=O. The van der Waals surface area contributed by atoms with Gasteiger partial charge in [-0.2, -0.15) is 0 Å². The lowest BCUT2D eigenvalue weighted by atomic mass is 9.87. The molecule has 2 heterocycles. The molecule has 4 amide bonds. The van der Waals surface area contributed by atoms with Crippen LogP contribution in [-0.4, -0.2) is 53.9 Å². The number of benzene rings is 1. The van der Waals surface area contributed by atoms with Crippen molar-refractivity contribution in [2.75, 3.05) is 20.2 Å². The number of carbonyl (C=O) groups is 3. The third-order valence-electron chi connectivity index (χ3n) is 5.71. The molecule has 7 heteroatoms. The van der Waals surface area contributed by atoms with Crippen molar-refractivity contribution in [3.8, 4) is 5.75 Å². The summed E-state index contributed by atoms with van der Waals surface area (Å²) in [6.45, 7) is 4.32. The Kier molecular flexibility index (Phi) is 5.39. The van der Waals surface area contributed by atoms with Crippen LogP contribution in [0.5, 0.6) is 5.75 Å².